The summed E-state index contributed by atoms with van der Waals surface area (Å²) in [6, 6.07) is 10.0. The van der Waals surface area contributed by atoms with Gasteiger partial charge in [0.2, 0.25) is 11.8 Å². The lowest BCUT2D eigenvalue weighted by molar-refractivity contribution is -0.147. The minimum Gasteiger partial charge on any atom is -0.378 e. The average Bonchev–Trinajstić information content (AvgIpc) is 3.38. The molecular weight excluding hydrogens is 280 g/mol. The van der Waals surface area contributed by atoms with Gasteiger partial charge in [0.15, 0.2) is 0 Å². The lowest BCUT2D eigenvalue weighted by atomic mass is 10.0. The number of amides is 2. The molecule has 2 aliphatic rings. The lowest BCUT2D eigenvalue weighted by Crippen LogP contribution is -2.49. The van der Waals surface area contributed by atoms with Gasteiger partial charge in [0.1, 0.15) is 5.41 Å². The van der Waals surface area contributed by atoms with E-state index >= 15 is 0 Å². The molecule has 1 N–H and O–H groups in total. The van der Waals surface area contributed by atoms with Crippen molar-refractivity contribution in [1.29, 1.82) is 0 Å². The summed E-state index contributed by atoms with van der Waals surface area (Å²) >= 11 is 0. The van der Waals surface area contributed by atoms with Crippen molar-refractivity contribution in [3.8, 4) is 0 Å². The third kappa shape index (κ3) is 3.14. The second-order valence-electron chi connectivity index (χ2n) is 5.98. The molecule has 0 spiro atoms. The minimum absolute atomic E-state index is 0.0204. The van der Waals surface area contributed by atoms with Gasteiger partial charge in [0.25, 0.3) is 0 Å². The molecule has 1 aromatic carbocycles. The fourth-order valence-electron chi connectivity index (χ4n) is 2.87. The topological polar surface area (TPSA) is 58.6 Å². The van der Waals surface area contributed by atoms with Gasteiger partial charge >= 0.3 is 0 Å². The normalized spacial score (nSPS) is 19.5. The Labute approximate surface area is 130 Å². The molecule has 1 saturated carbocycles. The molecule has 5 nitrogen and oxygen atoms in total. The second kappa shape index (κ2) is 6.48. The molecular formula is C17H22N2O3. The van der Waals surface area contributed by atoms with Crippen LogP contribution in [0.2, 0.25) is 0 Å². The maximum absolute atomic E-state index is 12.6. The van der Waals surface area contributed by atoms with E-state index in [9.17, 15) is 9.59 Å². The summed E-state index contributed by atoms with van der Waals surface area (Å²) < 4.78 is 5.26. The van der Waals surface area contributed by atoms with Crippen LogP contribution in [-0.2, 0) is 20.7 Å². The van der Waals surface area contributed by atoms with Crippen molar-refractivity contribution < 1.29 is 14.3 Å². The quantitative estimate of drug-likeness (QED) is 0.825. The van der Waals surface area contributed by atoms with Gasteiger partial charge in [0, 0.05) is 19.6 Å². The summed E-state index contributed by atoms with van der Waals surface area (Å²) in [5.41, 5.74) is 0.390. The number of benzene rings is 1. The third-order valence-electron chi connectivity index (χ3n) is 4.43. The number of hydrogen-bond donors (Lipinski definition) is 1. The van der Waals surface area contributed by atoms with Gasteiger partial charge in [-0.05, 0) is 24.8 Å². The zero-order valence-electron chi connectivity index (χ0n) is 12.7. The number of nitrogens with zero attached hydrogens (tertiary/aromatic N) is 1. The van der Waals surface area contributed by atoms with Crippen LogP contribution in [0.15, 0.2) is 30.3 Å². The Balaban J connectivity index is 1.51. The highest BCUT2D eigenvalue weighted by Crippen LogP contribution is 2.47. The Hall–Kier alpha value is -1.88. The number of carbonyl (C=O) groups is 2. The van der Waals surface area contributed by atoms with Gasteiger partial charge in [-0.2, -0.15) is 0 Å². The highest BCUT2D eigenvalue weighted by molar-refractivity contribution is 6.07. The summed E-state index contributed by atoms with van der Waals surface area (Å²) in [5, 5.41) is 2.94. The van der Waals surface area contributed by atoms with Crippen molar-refractivity contribution >= 4 is 11.8 Å². The summed E-state index contributed by atoms with van der Waals surface area (Å²) in [5.74, 6) is -0.132. The van der Waals surface area contributed by atoms with Crippen LogP contribution < -0.4 is 5.32 Å². The van der Waals surface area contributed by atoms with Crippen molar-refractivity contribution in [1.82, 2.24) is 10.2 Å². The van der Waals surface area contributed by atoms with Crippen LogP contribution in [0.1, 0.15) is 18.4 Å². The third-order valence-corrected chi connectivity index (χ3v) is 4.43. The highest BCUT2D eigenvalue weighted by atomic mass is 16.5. The molecule has 0 radical (unpaired) electrons. The van der Waals surface area contributed by atoms with Gasteiger partial charge in [-0.25, -0.2) is 0 Å². The number of carbonyl (C=O) groups excluding carboxylic acids is 2. The fraction of sp³-hybridized carbons (Fsp3) is 0.529. The Kier molecular flexibility index (Phi) is 4.43. The van der Waals surface area contributed by atoms with Gasteiger partial charge in [0.05, 0.1) is 13.2 Å². The number of ether oxygens (including phenoxy) is 1. The van der Waals surface area contributed by atoms with Crippen LogP contribution in [0.5, 0.6) is 0 Å². The first-order chi connectivity index (χ1) is 10.7. The maximum Gasteiger partial charge on any atom is 0.238 e. The molecule has 0 aromatic heterocycles. The summed E-state index contributed by atoms with van der Waals surface area (Å²) in [6.07, 6.45) is 2.12. The molecule has 2 fully saturated rings. The largest absolute Gasteiger partial charge is 0.378 e. The number of morpholine rings is 1. The first-order valence-electron chi connectivity index (χ1n) is 7.92. The van der Waals surface area contributed by atoms with Crippen molar-refractivity contribution in [2.75, 3.05) is 32.8 Å². The van der Waals surface area contributed by atoms with Crippen LogP contribution in [0, 0.1) is 5.41 Å². The predicted octanol–water partition coefficient (Wildman–Crippen LogP) is 0.984. The number of rotatable bonds is 5. The van der Waals surface area contributed by atoms with Gasteiger partial charge < -0.3 is 15.0 Å². The fourth-order valence-corrected chi connectivity index (χ4v) is 2.87. The molecule has 22 heavy (non-hydrogen) atoms. The second-order valence-corrected chi connectivity index (χ2v) is 5.98. The first-order valence-corrected chi connectivity index (χ1v) is 7.92. The van der Waals surface area contributed by atoms with E-state index in [0.717, 1.165) is 6.42 Å². The molecule has 0 atom stereocenters. The summed E-state index contributed by atoms with van der Waals surface area (Å²) in [6.45, 7) is 2.89. The lowest BCUT2D eigenvalue weighted by Gasteiger charge is -2.30. The van der Waals surface area contributed by atoms with Crippen LogP contribution >= 0.6 is 0 Å². The molecule has 0 bridgehead atoms. The highest BCUT2D eigenvalue weighted by Gasteiger charge is 2.57. The maximum atomic E-state index is 12.6. The molecule has 0 unspecified atom stereocenters. The molecule has 1 heterocycles. The Morgan fingerprint density at radius 3 is 2.45 bits per heavy atom. The Morgan fingerprint density at radius 1 is 1.14 bits per heavy atom. The van der Waals surface area contributed by atoms with E-state index in [2.05, 4.69) is 5.32 Å². The molecule has 1 aliphatic carbocycles. The van der Waals surface area contributed by atoms with E-state index in [0.29, 0.717) is 45.7 Å². The Morgan fingerprint density at radius 2 is 1.82 bits per heavy atom. The van der Waals surface area contributed by atoms with Crippen molar-refractivity contribution in [3.63, 3.8) is 0 Å². The minimum atomic E-state index is -0.798. The van der Waals surface area contributed by atoms with Crippen LogP contribution in [0.3, 0.4) is 0 Å². The van der Waals surface area contributed by atoms with Crippen molar-refractivity contribution in [3.05, 3.63) is 35.9 Å². The van der Waals surface area contributed by atoms with Crippen LogP contribution in [0.25, 0.3) is 0 Å². The van der Waals surface area contributed by atoms with E-state index in [1.54, 1.807) is 4.90 Å². The van der Waals surface area contributed by atoms with E-state index in [1.807, 2.05) is 30.3 Å². The zero-order chi connectivity index (χ0) is 15.4. The Bertz CT molecular complexity index is 534. The molecule has 1 aromatic rings. The molecule has 2 amide bonds. The standard InChI is InChI=1S/C17H22N2O3/c20-15(18-9-6-14-4-2-1-3-5-14)17(7-8-17)16(21)19-10-12-22-13-11-19/h1-5H,6-13H2,(H,18,20). The van der Waals surface area contributed by atoms with Gasteiger partial charge in [-0.3, -0.25) is 9.59 Å². The van der Waals surface area contributed by atoms with Crippen LogP contribution in [-0.4, -0.2) is 49.6 Å². The number of hydrogen-bond acceptors (Lipinski definition) is 3. The van der Waals surface area contributed by atoms with Crippen molar-refractivity contribution in [2.24, 2.45) is 5.41 Å². The molecule has 118 valence electrons. The van der Waals surface area contributed by atoms with Gasteiger partial charge in [-0.1, -0.05) is 30.3 Å². The predicted molar refractivity (Wildman–Crippen MR) is 82.2 cm³/mol. The van der Waals surface area contributed by atoms with E-state index in [4.69, 9.17) is 4.74 Å². The monoisotopic (exact) mass is 302 g/mol. The zero-order valence-corrected chi connectivity index (χ0v) is 12.7. The van der Waals surface area contributed by atoms with E-state index in [-0.39, 0.29) is 11.8 Å². The summed E-state index contributed by atoms with van der Waals surface area (Å²) in [4.78, 5) is 26.7. The van der Waals surface area contributed by atoms with Crippen molar-refractivity contribution in [2.45, 2.75) is 19.3 Å². The molecule has 1 saturated heterocycles. The summed E-state index contributed by atoms with van der Waals surface area (Å²) in [7, 11) is 0. The molecule has 3 rings (SSSR count). The van der Waals surface area contributed by atoms with E-state index in [1.165, 1.54) is 5.56 Å². The smallest absolute Gasteiger partial charge is 0.238 e. The number of nitrogens with one attached hydrogen (secondary N) is 1. The average molecular weight is 302 g/mol. The first kappa shape index (κ1) is 15.0. The van der Waals surface area contributed by atoms with Crippen LogP contribution in [0.4, 0.5) is 0 Å². The van der Waals surface area contributed by atoms with E-state index < -0.39 is 5.41 Å². The van der Waals surface area contributed by atoms with Gasteiger partial charge in [-0.15, -0.1) is 0 Å². The molecule has 1 aliphatic heterocycles. The SMILES string of the molecule is O=C(NCCc1ccccc1)C1(C(=O)N2CCOCC2)CC1. The molecule has 5 heteroatoms.